The van der Waals surface area contributed by atoms with E-state index in [1.807, 2.05) is 17.9 Å². The van der Waals surface area contributed by atoms with Crippen LogP contribution in [0.15, 0.2) is 12.3 Å². The fraction of sp³-hybridized carbons (Fsp3) is 0.800. The number of hydrogen-bond donors (Lipinski definition) is 1. The summed E-state index contributed by atoms with van der Waals surface area (Å²) in [5.41, 5.74) is 1.35. The number of aromatic nitrogens is 2. The minimum Gasteiger partial charge on any atom is -0.312 e. The molecule has 3 rings (SSSR count). The van der Waals surface area contributed by atoms with Crippen LogP contribution in [0.25, 0.3) is 0 Å². The molecule has 2 fully saturated rings. The smallest absolute Gasteiger partial charge is 0.0492 e. The predicted molar refractivity (Wildman–Crippen MR) is 77.1 cm³/mol. The van der Waals surface area contributed by atoms with Crippen LogP contribution < -0.4 is 5.32 Å². The molecule has 1 atom stereocenters. The lowest BCUT2D eigenvalue weighted by Crippen LogP contribution is -2.46. The van der Waals surface area contributed by atoms with E-state index in [4.69, 9.17) is 0 Å². The summed E-state index contributed by atoms with van der Waals surface area (Å²) in [4.78, 5) is 2.69. The number of likely N-dealkylation sites (tertiary alicyclic amines) is 1. The Morgan fingerprint density at radius 1 is 1.32 bits per heavy atom. The molecule has 1 aromatic rings. The van der Waals surface area contributed by atoms with Crippen LogP contribution in [0, 0.1) is 0 Å². The van der Waals surface area contributed by atoms with Crippen molar-refractivity contribution in [1.29, 1.82) is 0 Å². The summed E-state index contributed by atoms with van der Waals surface area (Å²) >= 11 is 0. The normalized spacial score (nSPS) is 24.8. The van der Waals surface area contributed by atoms with Gasteiger partial charge in [-0.2, -0.15) is 5.10 Å². The molecule has 2 aliphatic rings. The number of nitrogens with one attached hydrogen (secondary N) is 1. The van der Waals surface area contributed by atoms with Gasteiger partial charge in [0.15, 0.2) is 0 Å². The van der Waals surface area contributed by atoms with Crippen molar-refractivity contribution in [2.45, 2.75) is 50.6 Å². The van der Waals surface area contributed by atoms with Gasteiger partial charge in [0.25, 0.3) is 0 Å². The van der Waals surface area contributed by atoms with Crippen LogP contribution in [0.2, 0.25) is 0 Å². The molecule has 0 radical (unpaired) electrons. The topological polar surface area (TPSA) is 33.1 Å². The Morgan fingerprint density at radius 2 is 2.21 bits per heavy atom. The summed E-state index contributed by atoms with van der Waals surface area (Å²) < 4.78 is 2.00. The number of rotatable bonds is 6. The second-order valence-corrected chi connectivity index (χ2v) is 6.06. The van der Waals surface area contributed by atoms with E-state index in [9.17, 15) is 0 Å². The first-order chi connectivity index (χ1) is 9.33. The number of aryl methyl sites for hydroxylation is 1. The van der Waals surface area contributed by atoms with Crippen molar-refractivity contribution in [3.8, 4) is 0 Å². The number of nitrogens with zero attached hydrogens (tertiary/aromatic N) is 3. The maximum atomic E-state index is 4.25. The molecule has 1 N–H and O–H groups in total. The maximum absolute atomic E-state index is 4.25. The van der Waals surface area contributed by atoms with Crippen LogP contribution in [-0.2, 0) is 13.5 Å². The highest BCUT2D eigenvalue weighted by Crippen LogP contribution is 2.21. The third-order valence-electron chi connectivity index (χ3n) is 4.55. The Hall–Kier alpha value is -0.870. The van der Waals surface area contributed by atoms with Crippen molar-refractivity contribution in [1.82, 2.24) is 20.0 Å². The van der Waals surface area contributed by atoms with E-state index in [0.29, 0.717) is 0 Å². The summed E-state index contributed by atoms with van der Waals surface area (Å²) in [5.74, 6) is 0. The van der Waals surface area contributed by atoms with E-state index in [1.165, 1.54) is 57.4 Å². The molecule has 0 amide bonds. The maximum Gasteiger partial charge on any atom is 0.0492 e. The minimum absolute atomic E-state index is 0.752. The van der Waals surface area contributed by atoms with Gasteiger partial charge in [-0.15, -0.1) is 0 Å². The minimum atomic E-state index is 0.752. The molecular formula is C15H26N4. The van der Waals surface area contributed by atoms with Gasteiger partial charge in [0.05, 0.1) is 0 Å². The van der Waals surface area contributed by atoms with Gasteiger partial charge in [-0.3, -0.25) is 9.58 Å². The van der Waals surface area contributed by atoms with Crippen LogP contribution in [0.3, 0.4) is 0 Å². The Kier molecular flexibility index (Phi) is 4.18. The van der Waals surface area contributed by atoms with Crippen LogP contribution in [0.1, 0.15) is 37.8 Å². The molecule has 19 heavy (non-hydrogen) atoms. The fourth-order valence-electron chi connectivity index (χ4n) is 3.08. The van der Waals surface area contributed by atoms with Crippen molar-refractivity contribution in [3.63, 3.8) is 0 Å². The van der Waals surface area contributed by atoms with Crippen molar-refractivity contribution >= 4 is 0 Å². The van der Waals surface area contributed by atoms with Crippen molar-refractivity contribution < 1.29 is 0 Å². The monoisotopic (exact) mass is 262 g/mol. The van der Waals surface area contributed by atoms with Crippen molar-refractivity contribution in [2.24, 2.45) is 7.05 Å². The summed E-state index contributed by atoms with van der Waals surface area (Å²) in [6.07, 6.45) is 9.94. The Balaban J connectivity index is 1.49. The van der Waals surface area contributed by atoms with Gasteiger partial charge in [-0.05, 0) is 38.3 Å². The predicted octanol–water partition coefficient (Wildman–Crippen LogP) is 1.57. The average molecular weight is 262 g/mol. The zero-order chi connectivity index (χ0) is 13.1. The highest BCUT2D eigenvalue weighted by atomic mass is 15.3. The van der Waals surface area contributed by atoms with Gasteiger partial charge in [0.2, 0.25) is 0 Å². The van der Waals surface area contributed by atoms with Gasteiger partial charge in [-0.1, -0.05) is 6.42 Å². The summed E-state index contributed by atoms with van der Waals surface area (Å²) in [5, 5.41) is 7.95. The van der Waals surface area contributed by atoms with Gasteiger partial charge >= 0.3 is 0 Å². The fourth-order valence-corrected chi connectivity index (χ4v) is 3.08. The van der Waals surface area contributed by atoms with Gasteiger partial charge in [0.1, 0.15) is 0 Å². The van der Waals surface area contributed by atoms with Crippen LogP contribution >= 0.6 is 0 Å². The molecular weight excluding hydrogens is 236 g/mol. The highest BCUT2D eigenvalue weighted by Gasteiger charge is 2.26. The zero-order valence-electron chi connectivity index (χ0n) is 12.0. The van der Waals surface area contributed by atoms with Gasteiger partial charge in [0, 0.05) is 50.5 Å². The molecule has 1 aliphatic carbocycles. The first kappa shape index (κ1) is 13.1. The Bertz CT molecular complexity index is 397. The molecule has 0 aromatic carbocycles. The summed E-state index contributed by atoms with van der Waals surface area (Å²) in [6.45, 7) is 3.64. The Labute approximate surface area is 116 Å². The average Bonchev–Trinajstić information content (AvgIpc) is 3.17. The zero-order valence-corrected chi connectivity index (χ0v) is 12.0. The highest BCUT2D eigenvalue weighted by molar-refractivity contribution is 5.00. The van der Waals surface area contributed by atoms with E-state index in [1.54, 1.807) is 0 Å². The second kappa shape index (κ2) is 6.06. The first-order valence-electron chi connectivity index (χ1n) is 7.77. The largest absolute Gasteiger partial charge is 0.312 e. The molecule has 1 unspecified atom stereocenters. The first-order valence-corrected chi connectivity index (χ1v) is 7.77. The van der Waals surface area contributed by atoms with Crippen LogP contribution in [-0.4, -0.2) is 46.4 Å². The molecule has 4 heteroatoms. The molecule has 1 aliphatic heterocycles. The summed E-state index contributed by atoms with van der Waals surface area (Å²) in [7, 11) is 2.04. The van der Waals surface area contributed by atoms with Crippen LogP contribution in [0.4, 0.5) is 0 Å². The molecule has 1 aromatic heterocycles. The molecule has 106 valence electrons. The molecule has 2 heterocycles. The quantitative estimate of drug-likeness (QED) is 0.845. The van der Waals surface area contributed by atoms with Crippen molar-refractivity contribution in [2.75, 3.05) is 19.6 Å². The van der Waals surface area contributed by atoms with Crippen LogP contribution in [0.5, 0.6) is 0 Å². The lowest BCUT2D eigenvalue weighted by molar-refractivity contribution is 0.146. The number of piperidine rings is 1. The van der Waals surface area contributed by atoms with E-state index in [2.05, 4.69) is 21.4 Å². The van der Waals surface area contributed by atoms with E-state index in [0.717, 1.165) is 18.5 Å². The SMILES string of the molecule is Cn1nccc1CCN1CCCCC1CNC1CC1. The van der Waals surface area contributed by atoms with Gasteiger partial charge < -0.3 is 5.32 Å². The standard InChI is InChI=1S/C15H26N4/c1-18-14(7-9-17-18)8-11-19-10-3-2-4-15(19)12-16-13-5-6-13/h7,9,13,15-16H,2-6,8,10-12H2,1H3. The third kappa shape index (κ3) is 3.57. The van der Waals surface area contributed by atoms with E-state index < -0.39 is 0 Å². The summed E-state index contributed by atoms with van der Waals surface area (Å²) in [6, 6.07) is 3.73. The van der Waals surface area contributed by atoms with Crippen molar-refractivity contribution in [3.05, 3.63) is 18.0 Å². The van der Waals surface area contributed by atoms with E-state index >= 15 is 0 Å². The van der Waals surface area contributed by atoms with E-state index in [-0.39, 0.29) is 0 Å². The lowest BCUT2D eigenvalue weighted by Gasteiger charge is -2.36. The molecule has 0 spiro atoms. The number of hydrogen-bond acceptors (Lipinski definition) is 3. The van der Waals surface area contributed by atoms with Gasteiger partial charge in [-0.25, -0.2) is 0 Å². The molecule has 4 nitrogen and oxygen atoms in total. The Morgan fingerprint density at radius 3 is 2.95 bits per heavy atom. The molecule has 1 saturated heterocycles. The third-order valence-corrected chi connectivity index (χ3v) is 4.55. The molecule has 1 saturated carbocycles. The second-order valence-electron chi connectivity index (χ2n) is 6.06. The lowest BCUT2D eigenvalue weighted by atomic mass is 10.0. The molecule has 0 bridgehead atoms.